The molecule has 0 aliphatic carbocycles. The van der Waals surface area contributed by atoms with Gasteiger partial charge in [0.25, 0.3) is 0 Å². The highest BCUT2D eigenvalue weighted by atomic mass is 16.2. The van der Waals surface area contributed by atoms with E-state index in [9.17, 15) is 9.59 Å². The number of hydrogen-bond donors (Lipinski definition) is 1. The summed E-state index contributed by atoms with van der Waals surface area (Å²) in [4.78, 5) is 33.3. The minimum atomic E-state index is -0.155. The van der Waals surface area contributed by atoms with Crippen molar-refractivity contribution < 1.29 is 9.59 Å². The molecule has 4 rings (SSSR count). The Kier molecular flexibility index (Phi) is 5.60. The Morgan fingerprint density at radius 3 is 2.71 bits per heavy atom. The average molecular weight is 381 g/mol. The van der Waals surface area contributed by atoms with Gasteiger partial charge in [-0.3, -0.25) is 4.79 Å². The highest BCUT2D eigenvalue weighted by molar-refractivity contribution is 5.93. The second-order valence-corrected chi connectivity index (χ2v) is 7.69. The third kappa shape index (κ3) is 4.35. The van der Waals surface area contributed by atoms with Crippen LogP contribution in [-0.4, -0.2) is 57.5 Å². The van der Waals surface area contributed by atoms with Crippen LogP contribution in [0.4, 0.5) is 10.5 Å². The molecule has 148 valence electrons. The van der Waals surface area contributed by atoms with Gasteiger partial charge in [-0.2, -0.15) is 0 Å². The molecule has 1 atom stereocenters. The van der Waals surface area contributed by atoms with Crippen LogP contribution in [0, 0.1) is 5.92 Å². The van der Waals surface area contributed by atoms with Crippen LogP contribution < -0.4 is 5.32 Å². The highest BCUT2D eigenvalue weighted by Crippen LogP contribution is 2.22. The third-order valence-electron chi connectivity index (χ3n) is 5.56. The van der Waals surface area contributed by atoms with Gasteiger partial charge in [-0.1, -0.05) is 12.1 Å². The van der Waals surface area contributed by atoms with Crippen molar-refractivity contribution in [3.63, 3.8) is 0 Å². The van der Waals surface area contributed by atoms with Crippen LogP contribution in [-0.2, 0) is 11.3 Å². The van der Waals surface area contributed by atoms with Crippen LogP contribution in [0.5, 0.6) is 0 Å². The van der Waals surface area contributed by atoms with Crippen LogP contribution in [0.2, 0.25) is 0 Å². The number of likely N-dealkylation sites (tertiary alicyclic amines) is 2. The van der Waals surface area contributed by atoms with Crippen molar-refractivity contribution in [2.45, 2.75) is 32.2 Å². The molecule has 0 spiro atoms. The van der Waals surface area contributed by atoms with E-state index in [1.165, 1.54) is 0 Å². The normalized spacial score (nSPS) is 19.6. The first-order valence-corrected chi connectivity index (χ1v) is 10.1. The fourth-order valence-electron chi connectivity index (χ4n) is 4.06. The fourth-order valence-corrected chi connectivity index (χ4v) is 4.06. The number of nitrogens with zero attached hydrogens (tertiary/aromatic N) is 4. The van der Waals surface area contributed by atoms with Gasteiger partial charge in [-0.15, -0.1) is 0 Å². The number of piperidine rings is 1. The first-order valence-electron chi connectivity index (χ1n) is 10.1. The van der Waals surface area contributed by atoms with Crippen molar-refractivity contribution in [3.05, 3.63) is 48.5 Å². The standard InChI is InChI=1S/C21H27N5O2/c27-20(18-6-4-11-26(15-18)21(28)25-9-1-2-10-25)23-19-7-3-5-17(13-19)14-24-12-8-22-16-24/h3,5,7-8,12-13,16,18H,1-2,4,6,9-11,14-15H2,(H,23,27). The first kappa shape index (κ1) is 18.5. The largest absolute Gasteiger partial charge is 0.333 e. The molecule has 28 heavy (non-hydrogen) atoms. The molecule has 7 nitrogen and oxygen atoms in total. The second kappa shape index (κ2) is 8.46. The molecule has 2 saturated heterocycles. The maximum atomic E-state index is 12.8. The number of aromatic nitrogens is 2. The zero-order valence-electron chi connectivity index (χ0n) is 16.1. The van der Waals surface area contributed by atoms with Crippen LogP contribution in [0.3, 0.4) is 0 Å². The van der Waals surface area contributed by atoms with Gasteiger partial charge in [0.1, 0.15) is 0 Å². The molecule has 1 unspecified atom stereocenters. The Hall–Kier alpha value is -2.83. The van der Waals surface area contributed by atoms with E-state index >= 15 is 0 Å². The predicted octanol–water partition coefficient (Wildman–Crippen LogP) is 2.80. The smallest absolute Gasteiger partial charge is 0.320 e. The van der Waals surface area contributed by atoms with Gasteiger partial charge in [0.15, 0.2) is 0 Å². The number of hydrogen-bond acceptors (Lipinski definition) is 3. The lowest BCUT2D eigenvalue weighted by atomic mass is 9.97. The zero-order valence-corrected chi connectivity index (χ0v) is 16.1. The molecule has 7 heteroatoms. The molecule has 3 amide bonds. The summed E-state index contributed by atoms with van der Waals surface area (Å²) in [5, 5.41) is 3.05. The van der Waals surface area contributed by atoms with Crippen molar-refractivity contribution in [2.24, 2.45) is 5.92 Å². The van der Waals surface area contributed by atoms with Gasteiger partial charge in [0, 0.05) is 50.8 Å². The molecule has 1 aromatic carbocycles. The highest BCUT2D eigenvalue weighted by Gasteiger charge is 2.31. The number of urea groups is 1. The van der Waals surface area contributed by atoms with Crippen LogP contribution in [0.25, 0.3) is 0 Å². The SMILES string of the molecule is O=C(Nc1cccc(Cn2ccnc2)c1)C1CCCN(C(=O)N2CCCC2)C1. The summed E-state index contributed by atoms with van der Waals surface area (Å²) in [5.41, 5.74) is 1.90. The fraction of sp³-hybridized carbons (Fsp3) is 0.476. The lowest BCUT2D eigenvalue weighted by Gasteiger charge is -2.34. The van der Waals surface area contributed by atoms with E-state index in [4.69, 9.17) is 0 Å². The topological polar surface area (TPSA) is 70.5 Å². The van der Waals surface area contributed by atoms with Gasteiger partial charge >= 0.3 is 6.03 Å². The zero-order chi connectivity index (χ0) is 19.3. The van der Waals surface area contributed by atoms with Gasteiger partial charge in [-0.25, -0.2) is 9.78 Å². The summed E-state index contributed by atoms with van der Waals surface area (Å²) in [6.45, 7) is 3.66. The summed E-state index contributed by atoms with van der Waals surface area (Å²) >= 11 is 0. The van der Waals surface area contributed by atoms with Gasteiger partial charge in [-0.05, 0) is 43.4 Å². The summed E-state index contributed by atoms with van der Waals surface area (Å²) in [6, 6.07) is 7.98. The molecule has 3 heterocycles. The Balaban J connectivity index is 1.35. The lowest BCUT2D eigenvalue weighted by Crippen LogP contribution is -2.48. The molecule has 1 aromatic heterocycles. The lowest BCUT2D eigenvalue weighted by molar-refractivity contribution is -0.121. The monoisotopic (exact) mass is 381 g/mol. The Morgan fingerprint density at radius 1 is 1.11 bits per heavy atom. The van der Waals surface area contributed by atoms with Crippen molar-refractivity contribution in [1.82, 2.24) is 19.4 Å². The third-order valence-corrected chi connectivity index (χ3v) is 5.56. The van der Waals surface area contributed by atoms with Crippen LogP contribution in [0.15, 0.2) is 43.0 Å². The Morgan fingerprint density at radius 2 is 1.93 bits per heavy atom. The number of nitrogens with one attached hydrogen (secondary N) is 1. The quantitative estimate of drug-likeness (QED) is 0.885. The van der Waals surface area contributed by atoms with E-state index in [-0.39, 0.29) is 17.9 Å². The Bertz CT molecular complexity index is 814. The molecular formula is C21H27N5O2. The van der Waals surface area contributed by atoms with Crippen LogP contribution >= 0.6 is 0 Å². The van der Waals surface area contributed by atoms with Gasteiger partial charge in [0.05, 0.1) is 12.2 Å². The molecule has 2 aliphatic rings. The molecule has 2 aliphatic heterocycles. The molecular weight excluding hydrogens is 354 g/mol. The maximum Gasteiger partial charge on any atom is 0.320 e. The van der Waals surface area contributed by atoms with Crippen molar-refractivity contribution in [2.75, 3.05) is 31.5 Å². The molecule has 2 aromatic rings. The van der Waals surface area contributed by atoms with Crippen molar-refractivity contribution >= 4 is 17.6 Å². The van der Waals surface area contributed by atoms with Crippen LogP contribution in [0.1, 0.15) is 31.2 Å². The molecule has 0 saturated carbocycles. The summed E-state index contributed by atoms with van der Waals surface area (Å²) in [6.07, 6.45) is 9.31. The predicted molar refractivity (Wildman–Crippen MR) is 107 cm³/mol. The van der Waals surface area contributed by atoms with Gasteiger partial charge in [0.2, 0.25) is 5.91 Å². The summed E-state index contributed by atoms with van der Waals surface area (Å²) in [7, 11) is 0. The number of carbonyl (C=O) groups excluding carboxylic acids is 2. The van der Waals surface area contributed by atoms with E-state index in [0.29, 0.717) is 13.1 Å². The number of amides is 3. The second-order valence-electron chi connectivity index (χ2n) is 7.69. The first-order chi connectivity index (χ1) is 13.7. The average Bonchev–Trinajstić information content (AvgIpc) is 3.42. The van der Waals surface area contributed by atoms with Crippen molar-refractivity contribution in [3.8, 4) is 0 Å². The number of imidazole rings is 1. The minimum absolute atomic E-state index is 0.00120. The molecule has 0 bridgehead atoms. The molecule has 1 N–H and O–H groups in total. The number of rotatable bonds is 4. The van der Waals surface area contributed by atoms with Gasteiger partial charge < -0.3 is 19.7 Å². The summed E-state index contributed by atoms with van der Waals surface area (Å²) < 4.78 is 1.99. The molecule has 0 radical (unpaired) electrons. The number of carbonyl (C=O) groups is 2. The molecule has 2 fully saturated rings. The van der Waals surface area contributed by atoms with Crippen molar-refractivity contribution in [1.29, 1.82) is 0 Å². The van der Waals surface area contributed by atoms with E-state index in [2.05, 4.69) is 10.3 Å². The van der Waals surface area contributed by atoms with E-state index < -0.39 is 0 Å². The maximum absolute atomic E-state index is 12.8. The van der Waals surface area contributed by atoms with E-state index in [1.54, 1.807) is 12.5 Å². The van der Waals surface area contributed by atoms with E-state index in [1.807, 2.05) is 44.8 Å². The number of anilines is 1. The number of benzene rings is 1. The minimum Gasteiger partial charge on any atom is -0.333 e. The Labute approximate surface area is 165 Å². The van der Waals surface area contributed by atoms with E-state index in [0.717, 1.165) is 56.6 Å². The summed E-state index contributed by atoms with van der Waals surface area (Å²) in [5.74, 6) is -0.156.